The summed E-state index contributed by atoms with van der Waals surface area (Å²) in [7, 11) is -4.66. The number of benzene rings is 1. The predicted molar refractivity (Wildman–Crippen MR) is 66.5 cm³/mol. The maximum absolute atomic E-state index is 13.3. The average Bonchev–Trinajstić information content (AvgIpc) is 2.66. The van der Waals surface area contributed by atoms with Gasteiger partial charge in [0.2, 0.25) is 5.91 Å². The lowest BCUT2D eigenvalue weighted by Crippen LogP contribution is -2.25. The van der Waals surface area contributed by atoms with Gasteiger partial charge in [0.15, 0.2) is 0 Å². The number of carbonyl (C=O) groups is 1. The number of carbonyl (C=O) groups excluding carboxylic acids is 1. The molecule has 1 aromatic rings. The fourth-order valence-electron chi connectivity index (χ4n) is 2.22. The van der Waals surface area contributed by atoms with E-state index < -0.39 is 33.6 Å². The topological polar surface area (TPSA) is 78.2 Å². The van der Waals surface area contributed by atoms with E-state index in [-0.39, 0.29) is 24.2 Å². The molecule has 0 radical (unpaired) electrons. The Morgan fingerprint density at radius 1 is 1.40 bits per heavy atom. The second kappa shape index (κ2) is 5.17. The number of halogens is 2. The smallest absolute Gasteiger partial charge is 0.302 e. The molecular formula is C12H10F2N2O3S. The van der Waals surface area contributed by atoms with Gasteiger partial charge in [0.05, 0.1) is 17.4 Å². The van der Waals surface area contributed by atoms with Crippen LogP contribution in [0.3, 0.4) is 0 Å². The molecule has 0 bridgehead atoms. The van der Waals surface area contributed by atoms with Crippen LogP contribution >= 0.6 is 0 Å². The fraction of sp³-hybridized carbons (Fsp3) is 0.333. The molecule has 1 atom stereocenters. The molecule has 0 aliphatic carbocycles. The van der Waals surface area contributed by atoms with Gasteiger partial charge in [-0.3, -0.25) is 4.79 Å². The molecule has 1 amide bonds. The van der Waals surface area contributed by atoms with Crippen LogP contribution in [-0.2, 0) is 15.0 Å². The Hall–Kier alpha value is -2.01. The lowest BCUT2D eigenvalue weighted by Gasteiger charge is -2.16. The number of hydrogen-bond acceptors (Lipinski definition) is 4. The van der Waals surface area contributed by atoms with Crippen molar-refractivity contribution in [1.29, 1.82) is 5.26 Å². The Morgan fingerprint density at radius 2 is 2.10 bits per heavy atom. The van der Waals surface area contributed by atoms with E-state index in [1.165, 1.54) is 11.0 Å². The van der Waals surface area contributed by atoms with Gasteiger partial charge in [-0.2, -0.15) is 13.7 Å². The standard InChI is InChI=1S/C12H10F2N2O3S/c13-10-1-8(5-15)2-11(4-10)16-6-9(3-12(16)17)7-20(14,18)19/h1-2,4,9H,3,6-7H2. The van der Waals surface area contributed by atoms with Crippen molar-refractivity contribution in [3.63, 3.8) is 0 Å². The van der Waals surface area contributed by atoms with Gasteiger partial charge in [0.25, 0.3) is 0 Å². The van der Waals surface area contributed by atoms with Gasteiger partial charge in [-0.25, -0.2) is 4.39 Å². The highest BCUT2D eigenvalue weighted by molar-refractivity contribution is 7.86. The summed E-state index contributed by atoms with van der Waals surface area (Å²) in [5.74, 6) is -2.51. The molecule has 1 aliphatic rings. The van der Waals surface area contributed by atoms with Crippen molar-refractivity contribution in [2.45, 2.75) is 6.42 Å². The SMILES string of the molecule is N#Cc1cc(F)cc(N2CC(CS(=O)(=O)F)CC2=O)c1. The first kappa shape index (κ1) is 14.4. The minimum Gasteiger partial charge on any atom is -0.312 e. The summed E-state index contributed by atoms with van der Waals surface area (Å²) in [6, 6.07) is 5.18. The minimum absolute atomic E-state index is 0.0176. The molecule has 1 aromatic carbocycles. The molecule has 106 valence electrons. The van der Waals surface area contributed by atoms with Crippen LogP contribution in [0.1, 0.15) is 12.0 Å². The first-order chi connectivity index (χ1) is 9.28. The third-order valence-corrected chi connectivity index (χ3v) is 3.83. The molecule has 0 spiro atoms. The molecule has 1 aliphatic heterocycles. The van der Waals surface area contributed by atoms with Crippen LogP contribution in [0.5, 0.6) is 0 Å². The highest BCUT2D eigenvalue weighted by Crippen LogP contribution is 2.27. The summed E-state index contributed by atoms with van der Waals surface area (Å²) in [4.78, 5) is 13.0. The van der Waals surface area contributed by atoms with E-state index in [1.54, 1.807) is 6.07 Å². The highest BCUT2D eigenvalue weighted by Gasteiger charge is 2.33. The van der Waals surface area contributed by atoms with E-state index in [4.69, 9.17) is 5.26 Å². The second-order valence-corrected chi connectivity index (χ2v) is 6.00. The molecule has 0 aromatic heterocycles. The lowest BCUT2D eigenvalue weighted by molar-refractivity contribution is -0.117. The van der Waals surface area contributed by atoms with Crippen molar-refractivity contribution in [1.82, 2.24) is 0 Å². The van der Waals surface area contributed by atoms with Gasteiger partial charge in [0.1, 0.15) is 5.82 Å². The molecule has 2 rings (SSSR count). The van der Waals surface area contributed by atoms with Crippen LogP contribution in [0, 0.1) is 23.1 Å². The Kier molecular flexibility index (Phi) is 3.72. The summed E-state index contributed by atoms with van der Waals surface area (Å²) in [5.41, 5.74) is 0.222. The summed E-state index contributed by atoms with van der Waals surface area (Å²) in [6.07, 6.45) is -0.123. The maximum Gasteiger partial charge on any atom is 0.302 e. The van der Waals surface area contributed by atoms with E-state index in [0.717, 1.165) is 12.1 Å². The minimum atomic E-state index is -4.66. The fourth-order valence-corrected chi connectivity index (χ4v) is 3.01. The van der Waals surface area contributed by atoms with E-state index in [2.05, 4.69) is 0 Å². The monoisotopic (exact) mass is 300 g/mol. The van der Waals surface area contributed by atoms with Gasteiger partial charge >= 0.3 is 10.2 Å². The first-order valence-corrected chi connectivity index (χ1v) is 7.27. The molecule has 0 saturated carbocycles. The first-order valence-electron chi connectivity index (χ1n) is 5.72. The summed E-state index contributed by atoms with van der Waals surface area (Å²) >= 11 is 0. The average molecular weight is 300 g/mol. The van der Waals surface area contributed by atoms with Crippen LogP contribution < -0.4 is 4.90 Å². The molecule has 8 heteroatoms. The molecule has 1 saturated heterocycles. The molecule has 1 heterocycles. The molecule has 1 unspecified atom stereocenters. The zero-order valence-electron chi connectivity index (χ0n) is 10.2. The third-order valence-electron chi connectivity index (χ3n) is 2.96. The van der Waals surface area contributed by atoms with Crippen molar-refractivity contribution >= 4 is 21.8 Å². The van der Waals surface area contributed by atoms with E-state index in [9.17, 15) is 21.5 Å². The van der Waals surface area contributed by atoms with Crippen LogP contribution in [0.25, 0.3) is 0 Å². The second-order valence-electron chi connectivity index (χ2n) is 4.59. The van der Waals surface area contributed by atoms with Crippen LogP contribution in [0.15, 0.2) is 18.2 Å². The summed E-state index contributed by atoms with van der Waals surface area (Å²) in [5, 5.41) is 8.75. The maximum atomic E-state index is 13.3. The lowest BCUT2D eigenvalue weighted by atomic mass is 10.1. The van der Waals surface area contributed by atoms with Crippen molar-refractivity contribution < 1.29 is 21.5 Å². The number of rotatable bonds is 3. The number of amides is 1. The Balaban J connectivity index is 2.24. The van der Waals surface area contributed by atoms with Gasteiger partial charge in [-0.1, -0.05) is 0 Å². The van der Waals surface area contributed by atoms with Crippen LogP contribution in [0.2, 0.25) is 0 Å². The molecule has 0 N–H and O–H groups in total. The van der Waals surface area contributed by atoms with Crippen molar-refractivity contribution in [2.75, 3.05) is 17.2 Å². The molecule has 20 heavy (non-hydrogen) atoms. The Bertz CT molecular complexity index is 697. The van der Waals surface area contributed by atoms with E-state index >= 15 is 0 Å². The van der Waals surface area contributed by atoms with Gasteiger partial charge < -0.3 is 4.90 Å². The van der Waals surface area contributed by atoms with Gasteiger partial charge in [-0.05, 0) is 18.2 Å². The third kappa shape index (κ3) is 3.30. The van der Waals surface area contributed by atoms with E-state index in [1.807, 2.05) is 0 Å². The Morgan fingerprint density at radius 3 is 2.70 bits per heavy atom. The molecule has 1 fully saturated rings. The van der Waals surface area contributed by atoms with E-state index in [0.29, 0.717) is 0 Å². The van der Waals surface area contributed by atoms with Gasteiger partial charge in [0, 0.05) is 24.6 Å². The zero-order valence-corrected chi connectivity index (χ0v) is 11.0. The number of anilines is 1. The highest BCUT2D eigenvalue weighted by atomic mass is 32.3. The van der Waals surface area contributed by atoms with Crippen molar-refractivity contribution in [2.24, 2.45) is 5.92 Å². The number of hydrogen-bond donors (Lipinski definition) is 0. The summed E-state index contributed by atoms with van der Waals surface area (Å²) < 4.78 is 47.1. The number of nitriles is 1. The predicted octanol–water partition coefficient (Wildman–Crippen LogP) is 1.35. The largest absolute Gasteiger partial charge is 0.312 e. The number of nitrogens with zero attached hydrogens (tertiary/aromatic N) is 2. The van der Waals surface area contributed by atoms with Crippen molar-refractivity contribution in [3.05, 3.63) is 29.6 Å². The molecular weight excluding hydrogens is 290 g/mol. The van der Waals surface area contributed by atoms with Crippen LogP contribution in [-0.4, -0.2) is 26.6 Å². The summed E-state index contributed by atoms with van der Waals surface area (Å²) in [6.45, 7) is -0.0176. The quantitative estimate of drug-likeness (QED) is 0.789. The van der Waals surface area contributed by atoms with Crippen LogP contribution in [0.4, 0.5) is 14.0 Å². The Labute approximate surface area is 114 Å². The van der Waals surface area contributed by atoms with Crippen molar-refractivity contribution in [3.8, 4) is 6.07 Å². The van der Waals surface area contributed by atoms with Gasteiger partial charge in [-0.15, -0.1) is 3.89 Å². The zero-order chi connectivity index (χ0) is 14.9. The normalized spacial score (nSPS) is 19.1. The molecule has 5 nitrogen and oxygen atoms in total.